The lowest BCUT2D eigenvalue weighted by molar-refractivity contribution is -0.262. The fourth-order valence-corrected chi connectivity index (χ4v) is 3.10. The third-order valence-corrected chi connectivity index (χ3v) is 3.87. The maximum atomic E-state index is 10.6. The number of hydrogen-bond acceptors (Lipinski definition) is 2. The van der Waals surface area contributed by atoms with Crippen LogP contribution in [0.1, 0.15) is 19.3 Å². The van der Waals surface area contributed by atoms with Gasteiger partial charge in [0.05, 0.1) is 13.2 Å². The van der Waals surface area contributed by atoms with E-state index in [-0.39, 0.29) is 5.41 Å². The van der Waals surface area contributed by atoms with Crippen LogP contribution in [0.15, 0.2) is 0 Å². The van der Waals surface area contributed by atoms with E-state index in [9.17, 15) is 4.79 Å². The van der Waals surface area contributed by atoms with Crippen LogP contribution < -0.4 is 0 Å². The van der Waals surface area contributed by atoms with E-state index in [1.807, 2.05) is 0 Å². The minimum atomic E-state index is 0.148. The summed E-state index contributed by atoms with van der Waals surface area (Å²) in [6.45, 7) is 1.91. The monoisotopic (exact) mass is 152 g/mol. The zero-order chi connectivity index (χ0) is 7.53. The Kier molecular flexibility index (Phi) is 0.861. The van der Waals surface area contributed by atoms with Gasteiger partial charge in [-0.15, -0.1) is 0 Å². The van der Waals surface area contributed by atoms with E-state index in [0.717, 1.165) is 38.4 Å². The van der Waals surface area contributed by atoms with Crippen molar-refractivity contribution in [2.24, 2.45) is 16.7 Å². The number of hydrogen-bond donors (Lipinski definition) is 0. The van der Waals surface area contributed by atoms with Crippen LogP contribution in [-0.4, -0.2) is 19.5 Å². The van der Waals surface area contributed by atoms with Crippen molar-refractivity contribution >= 4 is 6.29 Å². The minimum Gasteiger partial charge on any atom is -0.381 e. The van der Waals surface area contributed by atoms with Gasteiger partial charge < -0.3 is 9.53 Å². The second-order valence-corrected chi connectivity index (χ2v) is 4.61. The molecule has 1 aliphatic heterocycles. The molecule has 3 aliphatic carbocycles. The van der Waals surface area contributed by atoms with E-state index >= 15 is 0 Å². The zero-order valence-electron chi connectivity index (χ0n) is 6.51. The van der Waals surface area contributed by atoms with Crippen LogP contribution in [0.4, 0.5) is 0 Å². The Labute approximate surface area is 65.9 Å². The van der Waals surface area contributed by atoms with Gasteiger partial charge in [0, 0.05) is 11.3 Å². The van der Waals surface area contributed by atoms with Crippen LogP contribution in [0.2, 0.25) is 0 Å². The summed E-state index contributed by atoms with van der Waals surface area (Å²) in [7, 11) is 0. The maximum absolute atomic E-state index is 10.6. The highest BCUT2D eigenvalue weighted by Crippen LogP contribution is 2.75. The molecule has 4 fully saturated rings. The lowest BCUT2D eigenvalue weighted by Crippen LogP contribution is -2.68. The number of carbonyl (C=O) groups is 1. The first kappa shape index (κ1) is 6.18. The van der Waals surface area contributed by atoms with Crippen LogP contribution in [0.3, 0.4) is 0 Å². The maximum Gasteiger partial charge on any atom is 0.126 e. The Balaban J connectivity index is 1.72. The zero-order valence-corrected chi connectivity index (χ0v) is 6.51. The van der Waals surface area contributed by atoms with Crippen LogP contribution in [0.25, 0.3) is 0 Å². The summed E-state index contributed by atoms with van der Waals surface area (Å²) >= 11 is 0. The van der Waals surface area contributed by atoms with Gasteiger partial charge in [-0.1, -0.05) is 0 Å². The largest absolute Gasteiger partial charge is 0.381 e. The van der Waals surface area contributed by atoms with Gasteiger partial charge in [-0.2, -0.15) is 0 Å². The van der Waals surface area contributed by atoms with Gasteiger partial charge in [0.1, 0.15) is 6.29 Å². The summed E-state index contributed by atoms with van der Waals surface area (Å²) < 4.78 is 5.16. The Morgan fingerprint density at radius 3 is 2.27 bits per heavy atom. The molecule has 2 bridgehead atoms. The molecule has 2 nitrogen and oxygen atoms in total. The van der Waals surface area contributed by atoms with Gasteiger partial charge in [0.15, 0.2) is 0 Å². The molecule has 60 valence electrons. The molecule has 11 heavy (non-hydrogen) atoms. The van der Waals surface area contributed by atoms with Crippen molar-refractivity contribution in [1.82, 2.24) is 0 Å². The van der Waals surface area contributed by atoms with E-state index < -0.39 is 0 Å². The first-order valence-electron chi connectivity index (χ1n) is 4.33. The molecule has 0 N–H and O–H groups in total. The molecule has 2 heteroatoms. The van der Waals surface area contributed by atoms with Crippen LogP contribution >= 0.6 is 0 Å². The highest BCUT2D eigenvalue weighted by atomic mass is 16.5. The Morgan fingerprint density at radius 1 is 1.27 bits per heavy atom. The standard InChI is InChI=1S/C9H12O2/c10-6-8-3-9(4-8,5-8)7-1-11-2-7/h6-7H,1-5H2. The molecule has 0 radical (unpaired) electrons. The van der Waals surface area contributed by atoms with E-state index in [4.69, 9.17) is 4.74 Å². The quantitative estimate of drug-likeness (QED) is 0.552. The first-order chi connectivity index (χ1) is 5.29. The molecule has 0 spiro atoms. The summed E-state index contributed by atoms with van der Waals surface area (Å²) in [5.41, 5.74) is 0.717. The predicted octanol–water partition coefficient (Wildman–Crippen LogP) is 1.00. The molecule has 4 rings (SSSR count). The van der Waals surface area contributed by atoms with Crippen molar-refractivity contribution in [3.05, 3.63) is 0 Å². The summed E-state index contributed by atoms with van der Waals surface area (Å²) in [5.74, 6) is 0.796. The van der Waals surface area contributed by atoms with Crippen molar-refractivity contribution in [2.45, 2.75) is 19.3 Å². The smallest absolute Gasteiger partial charge is 0.126 e. The van der Waals surface area contributed by atoms with E-state index in [1.54, 1.807) is 0 Å². The molecule has 0 aromatic carbocycles. The second-order valence-electron chi connectivity index (χ2n) is 4.61. The van der Waals surface area contributed by atoms with E-state index in [2.05, 4.69) is 0 Å². The van der Waals surface area contributed by atoms with Gasteiger partial charge >= 0.3 is 0 Å². The number of carbonyl (C=O) groups excluding carboxylic acids is 1. The first-order valence-corrected chi connectivity index (χ1v) is 4.33. The van der Waals surface area contributed by atoms with Crippen molar-refractivity contribution in [2.75, 3.05) is 13.2 Å². The third kappa shape index (κ3) is 0.527. The van der Waals surface area contributed by atoms with Gasteiger partial charge in [0.25, 0.3) is 0 Å². The molecule has 0 aromatic rings. The van der Waals surface area contributed by atoms with Gasteiger partial charge in [-0.3, -0.25) is 0 Å². The second kappa shape index (κ2) is 1.53. The van der Waals surface area contributed by atoms with Crippen molar-refractivity contribution in [3.8, 4) is 0 Å². The summed E-state index contributed by atoms with van der Waals surface area (Å²) in [4.78, 5) is 10.6. The molecular formula is C9H12O2. The Bertz CT molecular complexity index is 198. The van der Waals surface area contributed by atoms with Crippen molar-refractivity contribution < 1.29 is 9.53 Å². The van der Waals surface area contributed by atoms with Gasteiger partial charge in [0.2, 0.25) is 0 Å². The minimum absolute atomic E-state index is 0.148. The highest BCUT2D eigenvalue weighted by Gasteiger charge is 2.71. The molecular weight excluding hydrogens is 140 g/mol. The molecule has 1 saturated heterocycles. The highest BCUT2D eigenvalue weighted by molar-refractivity contribution is 5.66. The molecule has 0 aromatic heterocycles. The van der Waals surface area contributed by atoms with Crippen LogP contribution in [0, 0.1) is 16.7 Å². The summed E-state index contributed by atoms with van der Waals surface area (Å²) in [5, 5.41) is 0. The fourth-order valence-electron chi connectivity index (χ4n) is 3.10. The van der Waals surface area contributed by atoms with E-state index in [0.29, 0.717) is 5.41 Å². The van der Waals surface area contributed by atoms with Crippen LogP contribution in [-0.2, 0) is 9.53 Å². The fraction of sp³-hybridized carbons (Fsp3) is 0.889. The number of aldehydes is 1. The lowest BCUT2D eigenvalue weighted by Gasteiger charge is -2.72. The average Bonchev–Trinajstić information content (AvgIpc) is 1.68. The normalized spacial score (nSPS) is 53.8. The van der Waals surface area contributed by atoms with Crippen molar-refractivity contribution in [1.29, 1.82) is 0 Å². The molecule has 0 amide bonds. The molecule has 0 atom stereocenters. The molecule has 1 heterocycles. The van der Waals surface area contributed by atoms with Gasteiger partial charge in [-0.05, 0) is 24.7 Å². The Hall–Kier alpha value is -0.370. The van der Waals surface area contributed by atoms with Crippen LogP contribution in [0.5, 0.6) is 0 Å². The summed E-state index contributed by atoms with van der Waals surface area (Å²) in [6, 6.07) is 0. The average molecular weight is 152 g/mol. The lowest BCUT2D eigenvalue weighted by atomic mass is 9.32. The van der Waals surface area contributed by atoms with Crippen molar-refractivity contribution in [3.63, 3.8) is 0 Å². The predicted molar refractivity (Wildman–Crippen MR) is 39.1 cm³/mol. The topological polar surface area (TPSA) is 26.3 Å². The summed E-state index contributed by atoms with van der Waals surface area (Å²) in [6.07, 6.45) is 4.67. The third-order valence-electron chi connectivity index (χ3n) is 3.87. The van der Waals surface area contributed by atoms with Gasteiger partial charge in [-0.25, -0.2) is 0 Å². The molecule has 3 saturated carbocycles. The number of ether oxygens (including phenoxy) is 1. The van der Waals surface area contributed by atoms with E-state index in [1.165, 1.54) is 6.29 Å². The molecule has 4 aliphatic rings. The molecule has 0 unspecified atom stereocenters. The SMILES string of the molecule is O=CC12CC(C3COC3)(C1)C2. The number of rotatable bonds is 2. The Morgan fingerprint density at radius 2 is 1.91 bits per heavy atom.